The zero-order chi connectivity index (χ0) is 27.8. The maximum atomic E-state index is 13.1. The Labute approximate surface area is 223 Å². The maximum Gasteiger partial charge on any atom is 0.326 e. The number of H-pyrrole nitrogens is 2. The molecule has 14 heteroatoms. The van der Waals surface area contributed by atoms with Gasteiger partial charge in [0, 0.05) is 47.6 Å². The molecule has 0 saturated heterocycles. The van der Waals surface area contributed by atoms with E-state index in [-0.39, 0.29) is 18.6 Å². The van der Waals surface area contributed by atoms with Gasteiger partial charge >= 0.3 is 5.97 Å². The largest absolute Gasteiger partial charge is 0.480 e. The van der Waals surface area contributed by atoms with Gasteiger partial charge in [0.15, 0.2) is 0 Å². The molecule has 13 nitrogen and oxygen atoms in total. The minimum Gasteiger partial charge on any atom is -0.480 e. The number of aliphatic hydroxyl groups excluding tert-OH is 1. The third-order valence-corrected chi connectivity index (χ3v) is 6.31. The number of fused-ring (bicyclic) bond motifs is 1. The molecule has 0 bridgehead atoms. The number of imidazole rings is 1. The monoisotopic (exact) mass is 545 g/mol. The molecule has 0 aliphatic carbocycles. The van der Waals surface area contributed by atoms with Gasteiger partial charge in [0.1, 0.15) is 18.1 Å². The van der Waals surface area contributed by atoms with Crippen molar-refractivity contribution < 1.29 is 29.4 Å². The van der Waals surface area contributed by atoms with Gasteiger partial charge in [0.05, 0.1) is 18.5 Å². The maximum absolute atomic E-state index is 13.1. The number of aromatic amines is 2. The van der Waals surface area contributed by atoms with Gasteiger partial charge in [-0.05, 0) is 18.6 Å². The normalized spacial score (nSPS) is 15.2. The van der Waals surface area contributed by atoms with Crippen LogP contribution in [0.1, 0.15) is 18.2 Å². The van der Waals surface area contributed by atoms with E-state index in [1.165, 1.54) is 19.4 Å². The SMILES string of the molecule is CC(O)C(NC(=O)C(Cc1cnc[nH]1)NC(=O)C(N)CS)C(=O)NC(Cc1c[nH]c2ccccc12)C(=O)O. The lowest BCUT2D eigenvalue weighted by atomic mass is 10.0. The van der Waals surface area contributed by atoms with E-state index in [1.54, 1.807) is 6.20 Å². The first-order chi connectivity index (χ1) is 18.1. The molecule has 2 aromatic heterocycles. The summed E-state index contributed by atoms with van der Waals surface area (Å²) in [6.07, 6.45) is 3.10. The highest BCUT2D eigenvalue weighted by Gasteiger charge is 2.33. The van der Waals surface area contributed by atoms with Crippen molar-refractivity contribution in [2.45, 2.75) is 50.0 Å². The van der Waals surface area contributed by atoms with E-state index in [0.717, 1.165) is 10.9 Å². The number of amides is 3. The van der Waals surface area contributed by atoms with Crippen molar-refractivity contribution in [2.24, 2.45) is 5.73 Å². The third-order valence-electron chi connectivity index (χ3n) is 5.92. The highest BCUT2D eigenvalue weighted by atomic mass is 32.1. The van der Waals surface area contributed by atoms with E-state index in [0.29, 0.717) is 11.3 Å². The Morgan fingerprint density at radius 1 is 1.03 bits per heavy atom. The van der Waals surface area contributed by atoms with Gasteiger partial charge in [-0.2, -0.15) is 12.6 Å². The minimum atomic E-state index is -1.51. The fourth-order valence-electron chi connectivity index (χ4n) is 3.83. The summed E-state index contributed by atoms with van der Waals surface area (Å²) in [4.78, 5) is 60.2. The molecule has 3 aromatic rings. The van der Waals surface area contributed by atoms with Gasteiger partial charge in [0.2, 0.25) is 17.7 Å². The fraction of sp³-hybridized carbons (Fsp3) is 0.375. The number of nitrogens with zero attached hydrogens (tertiary/aromatic N) is 1. The number of hydrogen-bond acceptors (Lipinski definition) is 8. The van der Waals surface area contributed by atoms with Crippen LogP contribution in [0, 0.1) is 0 Å². The van der Waals surface area contributed by atoms with Crippen LogP contribution >= 0.6 is 12.6 Å². The second-order valence-corrected chi connectivity index (χ2v) is 9.19. The quantitative estimate of drug-likeness (QED) is 0.119. The minimum absolute atomic E-state index is 0.0106. The van der Waals surface area contributed by atoms with Crippen LogP contribution < -0.4 is 21.7 Å². The third kappa shape index (κ3) is 7.34. The molecule has 0 radical (unpaired) electrons. The predicted molar refractivity (Wildman–Crippen MR) is 141 cm³/mol. The smallest absolute Gasteiger partial charge is 0.326 e. The first-order valence-corrected chi connectivity index (χ1v) is 12.4. The van der Waals surface area contributed by atoms with Gasteiger partial charge in [-0.15, -0.1) is 0 Å². The average Bonchev–Trinajstić information content (AvgIpc) is 3.55. The van der Waals surface area contributed by atoms with Crippen molar-refractivity contribution in [1.29, 1.82) is 0 Å². The Morgan fingerprint density at radius 3 is 2.37 bits per heavy atom. The van der Waals surface area contributed by atoms with Crippen LogP contribution in [0.25, 0.3) is 10.9 Å². The van der Waals surface area contributed by atoms with Crippen LogP contribution in [0.2, 0.25) is 0 Å². The molecule has 5 unspecified atom stereocenters. The van der Waals surface area contributed by atoms with Gasteiger partial charge < -0.3 is 41.9 Å². The average molecular weight is 546 g/mol. The van der Waals surface area contributed by atoms with Crippen molar-refractivity contribution in [1.82, 2.24) is 30.9 Å². The van der Waals surface area contributed by atoms with Crippen LogP contribution in [-0.4, -0.2) is 84.9 Å². The van der Waals surface area contributed by atoms with Crippen LogP contribution in [0.15, 0.2) is 43.0 Å². The molecule has 3 rings (SSSR count). The second kappa shape index (κ2) is 13.1. The topological polar surface area (TPSA) is 215 Å². The number of nitrogens with two attached hydrogens (primary N) is 1. The number of thiol groups is 1. The van der Waals surface area contributed by atoms with Crippen LogP contribution in [0.3, 0.4) is 0 Å². The second-order valence-electron chi connectivity index (χ2n) is 8.82. The predicted octanol–water partition coefficient (Wildman–Crippen LogP) is -1.15. The highest BCUT2D eigenvalue weighted by Crippen LogP contribution is 2.19. The summed E-state index contributed by atoms with van der Waals surface area (Å²) in [7, 11) is 0. The molecule has 0 fully saturated rings. The zero-order valence-corrected chi connectivity index (χ0v) is 21.4. The van der Waals surface area contributed by atoms with Crippen LogP contribution in [0.5, 0.6) is 0 Å². The summed E-state index contributed by atoms with van der Waals surface area (Å²) in [5, 5.41) is 28.2. The molecule has 38 heavy (non-hydrogen) atoms. The van der Waals surface area contributed by atoms with E-state index < -0.39 is 54.0 Å². The van der Waals surface area contributed by atoms with Crippen molar-refractivity contribution in [3.05, 3.63) is 54.2 Å². The number of carboxylic acid groups (broad SMARTS) is 1. The Kier molecular flexibility index (Phi) is 9.87. The Morgan fingerprint density at radius 2 is 1.74 bits per heavy atom. The standard InChI is InChI=1S/C24H31N7O6S/c1-12(32)20(31-22(34)18(7-14-9-26-11-28-14)29-21(33)16(25)10-38)23(35)30-19(24(36)37)6-13-8-27-17-5-3-2-4-15(13)17/h2-5,8-9,11-12,16,18-20,27,32,38H,6-7,10,25H2,1H3,(H,26,28)(H,29,33)(H,30,35)(H,31,34)(H,36,37). The highest BCUT2D eigenvalue weighted by molar-refractivity contribution is 7.80. The number of nitrogens with one attached hydrogen (secondary N) is 5. The molecule has 5 atom stereocenters. The van der Waals surface area contributed by atoms with E-state index in [9.17, 15) is 29.4 Å². The molecule has 2 heterocycles. The number of benzene rings is 1. The Balaban J connectivity index is 1.74. The first-order valence-electron chi connectivity index (χ1n) is 11.8. The first kappa shape index (κ1) is 28.7. The number of aliphatic carboxylic acids is 1. The van der Waals surface area contributed by atoms with E-state index >= 15 is 0 Å². The number of carboxylic acids is 1. The summed E-state index contributed by atoms with van der Waals surface area (Å²) in [5.41, 5.74) is 7.72. The number of rotatable bonds is 13. The van der Waals surface area contributed by atoms with Crippen molar-refractivity contribution in [2.75, 3.05) is 5.75 Å². The lowest BCUT2D eigenvalue weighted by Gasteiger charge is -2.26. The molecular formula is C24H31N7O6S. The lowest BCUT2D eigenvalue weighted by molar-refractivity contribution is -0.143. The van der Waals surface area contributed by atoms with Crippen LogP contribution in [-0.2, 0) is 32.0 Å². The molecule has 0 aliphatic rings. The van der Waals surface area contributed by atoms with Gasteiger partial charge in [-0.25, -0.2) is 9.78 Å². The number of aromatic nitrogens is 3. The van der Waals surface area contributed by atoms with Gasteiger partial charge in [-0.1, -0.05) is 18.2 Å². The molecule has 3 amide bonds. The van der Waals surface area contributed by atoms with E-state index in [1.807, 2.05) is 24.3 Å². The number of para-hydroxylation sites is 1. The van der Waals surface area contributed by atoms with Gasteiger partial charge in [-0.3, -0.25) is 14.4 Å². The molecule has 0 saturated carbocycles. The van der Waals surface area contributed by atoms with E-state index in [4.69, 9.17) is 5.73 Å². The summed E-state index contributed by atoms with van der Waals surface area (Å²) >= 11 is 3.99. The fourth-order valence-corrected chi connectivity index (χ4v) is 3.99. The Hall–Kier alpha value is -3.88. The van der Waals surface area contributed by atoms with Crippen molar-refractivity contribution in [3.8, 4) is 0 Å². The molecule has 0 aliphatic heterocycles. The van der Waals surface area contributed by atoms with E-state index in [2.05, 4.69) is 43.5 Å². The summed E-state index contributed by atoms with van der Waals surface area (Å²) in [6, 6.07) is 2.32. The summed E-state index contributed by atoms with van der Waals surface area (Å²) in [6.45, 7) is 1.28. The van der Waals surface area contributed by atoms with Crippen molar-refractivity contribution in [3.63, 3.8) is 0 Å². The van der Waals surface area contributed by atoms with Crippen LogP contribution in [0.4, 0.5) is 0 Å². The molecule has 1 aromatic carbocycles. The summed E-state index contributed by atoms with van der Waals surface area (Å²) in [5.74, 6) is -3.58. The molecule has 0 spiro atoms. The number of hydrogen-bond donors (Lipinski definition) is 9. The molecule has 9 N–H and O–H groups in total. The molecule has 204 valence electrons. The number of aliphatic hydroxyl groups is 1. The van der Waals surface area contributed by atoms with Gasteiger partial charge in [0.25, 0.3) is 0 Å². The number of carbonyl (C=O) groups is 4. The summed E-state index contributed by atoms with van der Waals surface area (Å²) < 4.78 is 0. The van der Waals surface area contributed by atoms with Crippen molar-refractivity contribution >= 4 is 47.2 Å². The number of carbonyl (C=O) groups excluding carboxylic acids is 3. The molecular weight excluding hydrogens is 514 g/mol. The lowest BCUT2D eigenvalue weighted by Crippen LogP contribution is -2.60. The zero-order valence-electron chi connectivity index (χ0n) is 20.5. The Bertz CT molecular complexity index is 1260.